The number of rotatable bonds is 58. The summed E-state index contributed by atoms with van der Waals surface area (Å²) in [5, 5.41) is 3.02. The van der Waals surface area contributed by atoms with Crippen LogP contribution in [-0.4, -0.2) is 69.4 Å². The lowest BCUT2D eigenvalue weighted by molar-refractivity contribution is -0.870. The molecule has 0 bridgehead atoms. The number of phosphoric ester groups is 1. The maximum atomic E-state index is 13.5. The first-order valence-corrected chi connectivity index (χ1v) is 33.6. The Morgan fingerprint density at radius 3 is 1.28 bits per heavy atom. The highest BCUT2D eigenvalue weighted by Crippen LogP contribution is 2.38. The zero-order valence-electron chi connectivity index (χ0n) is 50.7. The highest BCUT2D eigenvalue weighted by molar-refractivity contribution is 7.45. The number of nitrogens with one attached hydrogen (secondary N) is 1. The Balaban J connectivity index is 5.24. The number of amides is 1. The Kier molecular flexibility index (Phi) is 54.3. The second kappa shape index (κ2) is 56.0. The van der Waals surface area contributed by atoms with Crippen LogP contribution in [0.4, 0.5) is 0 Å². The number of allylic oxidation sites excluding steroid dienone is 9. The molecule has 0 fully saturated rings. The van der Waals surface area contributed by atoms with Gasteiger partial charge in [-0.25, -0.2) is 0 Å². The van der Waals surface area contributed by atoms with E-state index in [0.29, 0.717) is 17.4 Å². The van der Waals surface area contributed by atoms with E-state index in [1.54, 1.807) is 0 Å². The van der Waals surface area contributed by atoms with Gasteiger partial charge >= 0.3 is 5.97 Å². The van der Waals surface area contributed by atoms with Crippen molar-refractivity contribution in [3.05, 3.63) is 60.8 Å². The second-order valence-electron chi connectivity index (χ2n) is 22.9. The zero-order valence-corrected chi connectivity index (χ0v) is 51.6. The average Bonchev–Trinajstić information content (AvgIpc) is 3.38. The number of hydrogen-bond donors (Lipinski definition) is 1. The van der Waals surface area contributed by atoms with Crippen LogP contribution in [0.2, 0.25) is 0 Å². The van der Waals surface area contributed by atoms with E-state index in [1.807, 2.05) is 33.3 Å². The SMILES string of the molecule is CC/C=C/C/C=C/C/C=C/C/C=C/CCCCCC(=O)NC(COP(=O)([O-])OCC[N+](C)(C)C)C(/C=C/CCCCCCCCCCCCC)OC(=O)CCCCCCCCCCCCCCCCCCCCCCC. The molecule has 0 spiro atoms. The highest BCUT2D eigenvalue weighted by atomic mass is 31.2. The number of unbranched alkanes of at least 4 members (excludes halogenated alkanes) is 34. The summed E-state index contributed by atoms with van der Waals surface area (Å²) in [4.78, 5) is 40.0. The molecule has 0 aromatic heterocycles. The smallest absolute Gasteiger partial charge is 0.306 e. The van der Waals surface area contributed by atoms with Crippen molar-refractivity contribution in [1.82, 2.24) is 5.32 Å². The minimum atomic E-state index is -4.71. The van der Waals surface area contributed by atoms with E-state index >= 15 is 0 Å². The molecule has 0 aliphatic heterocycles. The number of quaternary nitrogens is 1. The van der Waals surface area contributed by atoms with Gasteiger partial charge in [-0.3, -0.25) is 14.2 Å². The number of esters is 1. The molecule has 3 atom stereocenters. The number of hydrogen-bond acceptors (Lipinski definition) is 7. The molecule has 3 unspecified atom stereocenters. The predicted molar refractivity (Wildman–Crippen MR) is 325 cm³/mol. The van der Waals surface area contributed by atoms with E-state index in [-0.39, 0.29) is 31.3 Å². The lowest BCUT2D eigenvalue weighted by Gasteiger charge is -2.30. The number of nitrogens with zero attached hydrogens (tertiary/aromatic N) is 1. The third-order valence-corrected chi connectivity index (χ3v) is 15.2. The third-order valence-electron chi connectivity index (χ3n) is 14.2. The Morgan fingerprint density at radius 1 is 0.474 bits per heavy atom. The van der Waals surface area contributed by atoms with Gasteiger partial charge in [0.05, 0.1) is 33.8 Å². The van der Waals surface area contributed by atoms with Crippen LogP contribution in [0.3, 0.4) is 0 Å². The monoisotopic (exact) mass is 1090 g/mol. The van der Waals surface area contributed by atoms with Gasteiger partial charge in [-0.05, 0) is 70.3 Å². The molecule has 76 heavy (non-hydrogen) atoms. The van der Waals surface area contributed by atoms with Gasteiger partial charge in [0.25, 0.3) is 7.82 Å². The van der Waals surface area contributed by atoms with Crippen molar-refractivity contribution in [2.75, 3.05) is 40.9 Å². The number of carbonyl (C=O) groups is 2. The van der Waals surface area contributed by atoms with Crippen LogP contribution in [-0.2, 0) is 27.9 Å². The highest BCUT2D eigenvalue weighted by Gasteiger charge is 2.27. The molecule has 0 saturated heterocycles. The normalized spacial score (nSPS) is 14.0. The Bertz CT molecular complexity index is 1490. The Hall–Kier alpha value is -2.29. The van der Waals surface area contributed by atoms with Crippen molar-refractivity contribution < 1.29 is 37.3 Å². The predicted octanol–water partition coefficient (Wildman–Crippen LogP) is 19.2. The Labute approximate surface area is 471 Å². The quantitative estimate of drug-likeness (QED) is 0.0212. The molecule has 0 radical (unpaired) electrons. The van der Waals surface area contributed by atoms with Gasteiger partial charge in [0.2, 0.25) is 5.91 Å². The van der Waals surface area contributed by atoms with Crippen LogP contribution in [0.1, 0.15) is 297 Å². The minimum Gasteiger partial charge on any atom is -0.756 e. The van der Waals surface area contributed by atoms with Gasteiger partial charge in [0.15, 0.2) is 0 Å². The molecule has 1 amide bonds. The zero-order chi connectivity index (χ0) is 55.7. The molecule has 444 valence electrons. The molecular formula is C66H123N2O7P. The third kappa shape index (κ3) is 56.4. The lowest BCUT2D eigenvalue weighted by atomic mass is 10.0. The molecule has 9 nitrogen and oxygen atoms in total. The molecule has 0 aromatic rings. The molecule has 0 saturated carbocycles. The standard InChI is InChI=1S/C66H123N2O7P/c1-7-10-13-16-19-22-25-28-30-32-33-34-35-36-38-41-44-47-50-53-56-59-66(70)75-64(57-54-51-48-45-42-39-27-24-21-18-15-12-9-3)63(62-74-76(71,72)73-61-60-68(4,5)6)67-65(69)58-55-52-49-46-43-40-37-31-29-26-23-20-17-14-11-8-2/h11,14,20,23,29,31,40,43,54,57,63-64H,7-10,12-13,15-19,21-22,24-28,30,32-39,41-42,44-53,55-56,58-62H2,1-6H3,(H-,67,69,71,72)/b14-11+,23-20+,31-29+,43-40+,57-54+. The van der Waals surface area contributed by atoms with Crippen molar-refractivity contribution in [1.29, 1.82) is 0 Å². The molecule has 0 heterocycles. The van der Waals surface area contributed by atoms with Gasteiger partial charge in [-0.1, -0.05) is 275 Å². The molecule has 0 rings (SSSR count). The van der Waals surface area contributed by atoms with E-state index in [4.69, 9.17) is 13.8 Å². The van der Waals surface area contributed by atoms with Gasteiger partial charge in [0.1, 0.15) is 19.3 Å². The number of carbonyl (C=O) groups excluding carboxylic acids is 2. The van der Waals surface area contributed by atoms with Crippen LogP contribution in [0.15, 0.2) is 60.8 Å². The summed E-state index contributed by atoms with van der Waals surface area (Å²) in [6, 6.07) is -0.904. The van der Waals surface area contributed by atoms with Gasteiger partial charge in [-0.15, -0.1) is 0 Å². The molecule has 0 aromatic carbocycles. The molecule has 10 heteroatoms. The first kappa shape index (κ1) is 73.7. The van der Waals surface area contributed by atoms with Crippen molar-refractivity contribution in [3.63, 3.8) is 0 Å². The van der Waals surface area contributed by atoms with Gasteiger partial charge < -0.3 is 28.5 Å². The number of ether oxygens (including phenoxy) is 1. The van der Waals surface area contributed by atoms with Crippen LogP contribution in [0, 0.1) is 0 Å². The van der Waals surface area contributed by atoms with E-state index < -0.39 is 26.6 Å². The van der Waals surface area contributed by atoms with Crippen molar-refractivity contribution >= 4 is 19.7 Å². The van der Waals surface area contributed by atoms with Crippen LogP contribution < -0.4 is 10.2 Å². The minimum absolute atomic E-state index is 0.0288. The first-order chi connectivity index (χ1) is 36.9. The molecular weight excluding hydrogens is 964 g/mol. The largest absolute Gasteiger partial charge is 0.756 e. The number of likely N-dealkylation sites (N-methyl/N-ethyl adjacent to an activating group) is 1. The summed E-state index contributed by atoms with van der Waals surface area (Å²) in [6.45, 7) is 6.73. The van der Waals surface area contributed by atoms with E-state index in [1.165, 1.54) is 173 Å². The molecule has 0 aliphatic rings. The molecule has 1 N–H and O–H groups in total. The van der Waals surface area contributed by atoms with E-state index in [0.717, 1.165) is 83.5 Å². The average molecular weight is 1090 g/mol. The summed E-state index contributed by atoms with van der Waals surface area (Å²) < 4.78 is 30.3. The fraction of sp³-hybridized carbons (Fsp3) is 0.818. The summed E-state index contributed by atoms with van der Waals surface area (Å²) in [5.74, 6) is -0.567. The van der Waals surface area contributed by atoms with Crippen LogP contribution in [0.5, 0.6) is 0 Å². The number of phosphoric acid groups is 1. The van der Waals surface area contributed by atoms with E-state index in [9.17, 15) is 19.0 Å². The Morgan fingerprint density at radius 2 is 0.842 bits per heavy atom. The van der Waals surface area contributed by atoms with Crippen molar-refractivity contribution in [3.8, 4) is 0 Å². The lowest BCUT2D eigenvalue weighted by Crippen LogP contribution is -2.47. The maximum Gasteiger partial charge on any atom is 0.306 e. The van der Waals surface area contributed by atoms with Crippen LogP contribution in [0.25, 0.3) is 0 Å². The van der Waals surface area contributed by atoms with Gasteiger partial charge in [-0.2, -0.15) is 0 Å². The summed E-state index contributed by atoms with van der Waals surface area (Å²) >= 11 is 0. The van der Waals surface area contributed by atoms with Gasteiger partial charge in [0, 0.05) is 12.8 Å². The summed E-state index contributed by atoms with van der Waals surface area (Å²) in [6.07, 6.45) is 70.5. The molecule has 0 aliphatic carbocycles. The second-order valence-corrected chi connectivity index (χ2v) is 24.3. The van der Waals surface area contributed by atoms with E-state index in [2.05, 4.69) is 74.7 Å². The topological polar surface area (TPSA) is 114 Å². The fourth-order valence-corrected chi connectivity index (χ4v) is 10.0. The van der Waals surface area contributed by atoms with Crippen LogP contribution >= 0.6 is 7.82 Å². The fourth-order valence-electron chi connectivity index (χ4n) is 9.28. The summed E-state index contributed by atoms with van der Waals surface area (Å²) in [5.41, 5.74) is 0. The maximum absolute atomic E-state index is 13.5. The van der Waals surface area contributed by atoms with Crippen molar-refractivity contribution in [2.45, 2.75) is 309 Å². The first-order valence-electron chi connectivity index (χ1n) is 32.1. The summed E-state index contributed by atoms with van der Waals surface area (Å²) in [7, 11) is 1.17. The van der Waals surface area contributed by atoms with Crippen molar-refractivity contribution in [2.24, 2.45) is 0 Å².